The molecular weight excluding hydrogens is 743 g/mol. The molecule has 0 aromatic heterocycles. The summed E-state index contributed by atoms with van der Waals surface area (Å²) >= 11 is 1.64. The first-order valence-electron chi connectivity index (χ1n) is 17.5. The van der Waals surface area contributed by atoms with E-state index in [1.54, 1.807) is 23.3 Å². The SMILES string of the molecule is CC(C)(C)c1[c-]c2c(cc1C(C)(C)C)-c1cc(C(C)(C)C)c(C(C)(C)C)cc1C2.Cl.Cl.[C-]1=CC=CC1.[Zr+2]=[Si](c1ccccc1)c1ccccc1. The van der Waals surface area contributed by atoms with Crippen molar-refractivity contribution in [2.75, 3.05) is 0 Å². The Labute approximate surface area is 332 Å². The third kappa shape index (κ3) is 11.3. The van der Waals surface area contributed by atoms with Crippen LogP contribution >= 0.6 is 24.8 Å². The van der Waals surface area contributed by atoms with Crippen LogP contribution in [0.4, 0.5) is 0 Å². The van der Waals surface area contributed by atoms with Crippen LogP contribution in [0.5, 0.6) is 0 Å². The van der Waals surface area contributed by atoms with E-state index >= 15 is 0 Å². The molecule has 0 atom stereocenters. The zero-order chi connectivity index (χ0) is 35.5. The van der Waals surface area contributed by atoms with Crippen LogP contribution in [-0.4, -0.2) is 5.43 Å². The van der Waals surface area contributed by atoms with Gasteiger partial charge in [-0.05, 0) is 39.4 Å². The summed E-state index contributed by atoms with van der Waals surface area (Å²) in [6.45, 7) is 28.0. The Morgan fingerprint density at radius 3 is 1.42 bits per heavy atom. The molecule has 0 amide bonds. The van der Waals surface area contributed by atoms with Gasteiger partial charge in [-0.2, -0.15) is 23.8 Å². The predicted molar refractivity (Wildman–Crippen MR) is 222 cm³/mol. The number of fused-ring (bicyclic) bond motifs is 3. The van der Waals surface area contributed by atoms with Gasteiger partial charge >= 0.3 is 99.8 Å². The minimum absolute atomic E-state index is 0. The molecule has 0 saturated carbocycles. The monoisotopic (exact) mass is 798 g/mol. The van der Waals surface area contributed by atoms with Crippen LogP contribution in [0.1, 0.15) is 123 Å². The summed E-state index contributed by atoms with van der Waals surface area (Å²) in [5, 5.41) is 3.03. The molecule has 0 aliphatic heterocycles. The summed E-state index contributed by atoms with van der Waals surface area (Å²) in [4.78, 5) is 0. The van der Waals surface area contributed by atoms with Gasteiger partial charge < -0.3 is 0 Å². The van der Waals surface area contributed by atoms with Crippen molar-refractivity contribution >= 4 is 40.6 Å². The van der Waals surface area contributed by atoms with Gasteiger partial charge in [0.2, 0.25) is 0 Å². The maximum absolute atomic E-state index is 3.90. The normalized spacial score (nSPS) is 13.1. The summed E-state index contributed by atoms with van der Waals surface area (Å²) in [6, 6.07) is 33.1. The summed E-state index contributed by atoms with van der Waals surface area (Å²) in [7, 11) is 0. The minimum atomic E-state index is -0.455. The Kier molecular flexibility index (Phi) is 15.7. The number of hydrogen-bond acceptors (Lipinski definition) is 0. The molecule has 4 aromatic carbocycles. The molecule has 0 fully saturated rings. The van der Waals surface area contributed by atoms with Crippen LogP contribution in [0.2, 0.25) is 0 Å². The van der Waals surface area contributed by atoms with Gasteiger partial charge in [-0.3, -0.25) is 6.08 Å². The number of allylic oxidation sites excluding steroid dienone is 4. The fourth-order valence-corrected chi connectivity index (χ4v) is 10.2. The van der Waals surface area contributed by atoms with Crippen molar-refractivity contribution in [2.45, 2.75) is 118 Å². The van der Waals surface area contributed by atoms with Crippen LogP contribution in [0, 0.1) is 12.1 Å². The van der Waals surface area contributed by atoms with Gasteiger partial charge in [-0.25, -0.2) is 12.2 Å². The fourth-order valence-electron chi connectivity index (χ4n) is 6.34. The number of halogens is 2. The molecule has 6 rings (SSSR count). The molecule has 0 radical (unpaired) electrons. The van der Waals surface area contributed by atoms with E-state index in [1.165, 1.54) is 54.9 Å². The maximum atomic E-state index is 3.90. The van der Waals surface area contributed by atoms with Crippen molar-refractivity contribution in [2.24, 2.45) is 0 Å². The Morgan fingerprint density at radius 1 is 0.580 bits per heavy atom. The first kappa shape index (κ1) is 44.2. The molecule has 0 unspecified atom stereocenters. The molecule has 0 bridgehead atoms. The third-order valence-electron chi connectivity index (χ3n) is 8.94. The van der Waals surface area contributed by atoms with E-state index < -0.39 is 5.43 Å². The molecule has 4 heteroatoms. The number of benzene rings is 4. The van der Waals surface area contributed by atoms with Crippen molar-refractivity contribution in [1.82, 2.24) is 0 Å². The molecule has 0 heterocycles. The molecule has 0 nitrogen and oxygen atoms in total. The Hall–Kier alpha value is -1.96. The average Bonchev–Trinajstić information content (AvgIpc) is 3.71. The predicted octanol–water partition coefficient (Wildman–Crippen LogP) is 11.7. The van der Waals surface area contributed by atoms with Crippen molar-refractivity contribution in [3.63, 3.8) is 0 Å². The van der Waals surface area contributed by atoms with Crippen LogP contribution in [-0.2, 0) is 51.4 Å². The van der Waals surface area contributed by atoms with Gasteiger partial charge in [0.1, 0.15) is 0 Å². The zero-order valence-electron chi connectivity index (χ0n) is 32.5. The van der Waals surface area contributed by atoms with Crippen LogP contribution in [0.3, 0.4) is 0 Å². The molecule has 2 aliphatic rings. The Bertz CT molecular complexity index is 1660. The van der Waals surface area contributed by atoms with Gasteiger partial charge in [0.25, 0.3) is 0 Å². The summed E-state index contributed by atoms with van der Waals surface area (Å²) in [5.41, 5.74) is 11.5. The van der Waals surface area contributed by atoms with Gasteiger partial charge in [0.15, 0.2) is 0 Å². The molecule has 4 aromatic rings. The number of rotatable bonds is 2. The van der Waals surface area contributed by atoms with Gasteiger partial charge in [0, 0.05) is 0 Å². The van der Waals surface area contributed by atoms with Crippen LogP contribution in [0.15, 0.2) is 97.1 Å². The first-order chi connectivity index (χ1) is 22.3. The molecule has 0 spiro atoms. The second-order valence-corrected chi connectivity index (χ2v) is 22.9. The van der Waals surface area contributed by atoms with Crippen LogP contribution in [0.25, 0.3) is 11.1 Å². The number of hydrogen-bond donors (Lipinski definition) is 0. The van der Waals surface area contributed by atoms with Crippen molar-refractivity contribution < 1.29 is 23.3 Å². The molecule has 0 N–H and O–H groups in total. The quantitative estimate of drug-likeness (QED) is 0.123. The van der Waals surface area contributed by atoms with E-state index in [2.05, 4.69) is 180 Å². The van der Waals surface area contributed by atoms with Gasteiger partial charge in [-0.1, -0.05) is 106 Å². The van der Waals surface area contributed by atoms with Crippen molar-refractivity contribution in [1.29, 1.82) is 0 Å². The van der Waals surface area contributed by atoms with E-state index in [0.717, 1.165) is 12.8 Å². The topological polar surface area (TPSA) is 0 Å². The molecule has 264 valence electrons. The summed E-state index contributed by atoms with van der Waals surface area (Å²) in [5.74, 6) is 0. The third-order valence-corrected chi connectivity index (χ3v) is 15.0. The standard InChI is InChI=1S/C29H41.C12H10Si.C5H5.2ClH.Zr/c1-26(2,3)22-14-18-13-19-15-23(27(4,5)6)25(29(10,11)12)17-21(19)20(18)16-24(22)28(7,8)9;1-3-7-11(8-4-1)13-12-9-5-2-6-10-12;1-2-4-5-3-1;;;/h14,16-17H,13H2,1-12H3;1-10H;1-3H,4H2;2*1H;/q-1;;-1;;;+2. The average molecular weight is 801 g/mol. The molecule has 2 aliphatic carbocycles. The van der Waals surface area contributed by atoms with Crippen LogP contribution < -0.4 is 10.4 Å². The van der Waals surface area contributed by atoms with E-state index in [0.29, 0.717) is 0 Å². The van der Waals surface area contributed by atoms with Gasteiger partial charge in [-0.15, -0.1) is 47.9 Å². The Balaban J connectivity index is 0.000000341. The second-order valence-electron chi connectivity index (χ2n) is 17.3. The molecule has 50 heavy (non-hydrogen) atoms. The first-order valence-corrected chi connectivity index (χ1v) is 22.7. The summed E-state index contributed by atoms with van der Waals surface area (Å²) < 4.78 is 0. The van der Waals surface area contributed by atoms with E-state index in [1.807, 2.05) is 12.2 Å². The van der Waals surface area contributed by atoms with Crippen molar-refractivity contribution in [3.8, 4) is 11.1 Å². The Morgan fingerprint density at radius 2 is 1.04 bits per heavy atom. The van der Waals surface area contributed by atoms with Gasteiger partial charge in [0.05, 0.1) is 0 Å². The van der Waals surface area contributed by atoms with E-state index in [-0.39, 0.29) is 46.5 Å². The zero-order valence-corrected chi connectivity index (χ0v) is 37.6. The molecule has 0 saturated heterocycles. The van der Waals surface area contributed by atoms with E-state index in [4.69, 9.17) is 0 Å². The second kappa shape index (κ2) is 17.7. The molecular formula is C46H58Cl2SiZr. The fraction of sp³-hybridized carbons (Fsp3) is 0.391. The summed E-state index contributed by atoms with van der Waals surface area (Å²) in [6.07, 6.45) is 11.0. The van der Waals surface area contributed by atoms with E-state index in [9.17, 15) is 0 Å². The van der Waals surface area contributed by atoms with Crippen molar-refractivity contribution in [3.05, 3.63) is 143 Å².